The Morgan fingerprint density at radius 2 is 1.85 bits per heavy atom. The van der Waals surface area contributed by atoms with E-state index in [-0.39, 0.29) is 0 Å². The van der Waals surface area contributed by atoms with Gasteiger partial charge >= 0.3 is 5.97 Å². The van der Waals surface area contributed by atoms with Gasteiger partial charge in [-0.3, -0.25) is 4.79 Å². The van der Waals surface area contributed by atoms with Gasteiger partial charge in [-0.1, -0.05) is 45.2 Å². The maximum Gasteiger partial charge on any atom is 0.300 e. The first-order valence-corrected chi connectivity index (χ1v) is 8.52. The number of hydrogen-bond acceptors (Lipinski definition) is 1. The molecule has 0 aromatic heterocycles. The summed E-state index contributed by atoms with van der Waals surface area (Å²) in [7, 11) is -1.47. The molecule has 0 radical (unpaired) electrons. The summed E-state index contributed by atoms with van der Waals surface area (Å²) in [6, 6.07) is 0.456. The zero-order valence-electron chi connectivity index (χ0n) is 8.68. The van der Waals surface area contributed by atoms with E-state index in [2.05, 4.69) is 13.1 Å². The standard InChI is InChI=1S/C10H20O2Si/c1-13(2,8-10(11)12)9-6-4-3-5-7-9/h9H,3-8H2,1-2H3,(H,11,12). The minimum atomic E-state index is -1.47. The summed E-state index contributed by atoms with van der Waals surface area (Å²) in [4.78, 5) is 10.7. The van der Waals surface area contributed by atoms with Crippen molar-refractivity contribution in [1.29, 1.82) is 0 Å². The quantitative estimate of drug-likeness (QED) is 0.711. The maximum absolute atomic E-state index is 10.7. The molecule has 0 amide bonds. The smallest absolute Gasteiger partial charge is 0.300 e. The zero-order chi connectivity index (χ0) is 9.90. The molecule has 1 N–H and O–H groups in total. The maximum atomic E-state index is 10.7. The van der Waals surface area contributed by atoms with Crippen molar-refractivity contribution >= 4 is 14.0 Å². The van der Waals surface area contributed by atoms with Gasteiger partial charge in [0.05, 0.1) is 8.07 Å². The molecule has 0 saturated heterocycles. The third-order valence-electron chi connectivity index (χ3n) is 3.32. The van der Waals surface area contributed by atoms with Crippen molar-refractivity contribution in [3.8, 4) is 0 Å². The largest absolute Gasteiger partial charge is 0.481 e. The van der Waals surface area contributed by atoms with Crippen molar-refractivity contribution in [1.82, 2.24) is 0 Å². The molecule has 13 heavy (non-hydrogen) atoms. The van der Waals surface area contributed by atoms with Gasteiger partial charge < -0.3 is 5.11 Å². The predicted molar refractivity (Wildman–Crippen MR) is 56.8 cm³/mol. The van der Waals surface area contributed by atoms with Crippen LogP contribution in [0.4, 0.5) is 0 Å². The van der Waals surface area contributed by atoms with Gasteiger partial charge in [-0.25, -0.2) is 0 Å². The van der Waals surface area contributed by atoms with Crippen molar-refractivity contribution in [3.05, 3.63) is 0 Å². The first-order chi connectivity index (χ1) is 6.02. The van der Waals surface area contributed by atoms with E-state index in [9.17, 15) is 4.79 Å². The number of aliphatic carboxylic acids is 1. The van der Waals surface area contributed by atoms with Gasteiger partial charge in [0.1, 0.15) is 0 Å². The van der Waals surface area contributed by atoms with Crippen LogP contribution in [0.1, 0.15) is 32.1 Å². The third-order valence-corrected chi connectivity index (χ3v) is 7.32. The summed E-state index contributed by atoms with van der Waals surface area (Å²) in [5.41, 5.74) is 0.761. The molecule has 1 saturated carbocycles. The van der Waals surface area contributed by atoms with Crippen LogP contribution in [-0.4, -0.2) is 19.1 Å². The Kier molecular flexibility index (Phi) is 3.53. The van der Waals surface area contributed by atoms with Crippen LogP contribution in [0.2, 0.25) is 24.7 Å². The highest BCUT2D eigenvalue weighted by atomic mass is 28.3. The fraction of sp³-hybridized carbons (Fsp3) is 0.900. The van der Waals surface area contributed by atoms with E-state index >= 15 is 0 Å². The summed E-state index contributed by atoms with van der Waals surface area (Å²) < 4.78 is 0. The Bertz CT molecular complexity index is 183. The van der Waals surface area contributed by atoms with Gasteiger partial charge in [-0.2, -0.15) is 0 Å². The minimum Gasteiger partial charge on any atom is -0.481 e. The van der Waals surface area contributed by atoms with Gasteiger partial charge in [0, 0.05) is 6.04 Å². The van der Waals surface area contributed by atoms with Gasteiger partial charge in [-0.15, -0.1) is 0 Å². The van der Waals surface area contributed by atoms with Crippen molar-refractivity contribution in [2.75, 3.05) is 0 Å². The lowest BCUT2D eigenvalue weighted by atomic mass is 10.0. The van der Waals surface area contributed by atoms with Crippen molar-refractivity contribution < 1.29 is 9.90 Å². The summed E-state index contributed by atoms with van der Waals surface area (Å²) >= 11 is 0. The van der Waals surface area contributed by atoms with Crippen LogP contribution in [0, 0.1) is 0 Å². The molecular weight excluding hydrogens is 180 g/mol. The summed E-state index contributed by atoms with van der Waals surface area (Å²) in [5, 5.41) is 8.81. The summed E-state index contributed by atoms with van der Waals surface area (Å²) in [5.74, 6) is -0.595. The van der Waals surface area contributed by atoms with E-state index in [1.54, 1.807) is 0 Å². The molecule has 76 valence electrons. The van der Waals surface area contributed by atoms with E-state index in [0.717, 1.165) is 5.54 Å². The molecule has 1 rings (SSSR count). The highest BCUT2D eigenvalue weighted by Crippen LogP contribution is 2.38. The molecule has 0 aromatic rings. The van der Waals surface area contributed by atoms with Crippen molar-refractivity contribution in [2.24, 2.45) is 0 Å². The van der Waals surface area contributed by atoms with Crippen LogP contribution in [-0.2, 0) is 4.79 Å². The number of carboxylic acids is 1. The Morgan fingerprint density at radius 1 is 1.31 bits per heavy atom. The molecule has 0 atom stereocenters. The van der Waals surface area contributed by atoms with E-state index in [1.807, 2.05) is 0 Å². The van der Waals surface area contributed by atoms with Crippen LogP contribution in [0.25, 0.3) is 0 Å². The van der Waals surface area contributed by atoms with Gasteiger partial charge in [0.15, 0.2) is 0 Å². The predicted octanol–water partition coefficient (Wildman–Crippen LogP) is 3.11. The average Bonchev–Trinajstić information content (AvgIpc) is 2.04. The summed E-state index contributed by atoms with van der Waals surface area (Å²) in [6.45, 7) is 4.47. The molecule has 3 heteroatoms. The minimum absolute atomic E-state index is 0.456. The molecule has 0 bridgehead atoms. The van der Waals surface area contributed by atoms with E-state index < -0.39 is 14.0 Å². The fourth-order valence-corrected chi connectivity index (χ4v) is 5.46. The van der Waals surface area contributed by atoms with Crippen LogP contribution >= 0.6 is 0 Å². The normalized spacial score (nSPS) is 20.2. The van der Waals surface area contributed by atoms with Crippen molar-refractivity contribution in [2.45, 2.75) is 56.8 Å². The molecular formula is C10H20O2Si. The second kappa shape index (κ2) is 4.27. The van der Waals surface area contributed by atoms with E-state index in [0.29, 0.717) is 6.04 Å². The molecule has 2 nitrogen and oxygen atoms in total. The lowest BCUT2D eigenvalue weighted by Crippen LogP contribution is -2.36. The van der Waals surface area contributed by atoms with Crippen LogP contribution < -0.4 is 0 Å². The van der Waals surface area contributed by atoms with E-state index in [4.69, 9.17) is 5.11 Å². The molecule has 1 aliphatic carbocycles. The number of carbonyl (C=O) groups is 1. The molecule has 0 heterocycles. The lowest BCUT2D eigenvalue weighted by molar-refractivity contribution is -0.134. The van der Waals surface area contributed by atoms with Gasteiger partial charge in [0.2, 0.25) is 0 Å². The van der Waals surface area contributed by atoms with Crippen LogP contribution in [0.5, 0.6) is 0 Å². The SMILES string of the molecule is C[Si](C)(CC(=O)O)C1CCCCC1. The Balaban J connectivity index is 2.50. The van der Waals surface area contributed by atoms with E-state index in [1.165, 1.54) is 32.1 Å². The van der Waals surface area contributed by atoms with Crippen LogP contribution in [0.3, 0.4) is 0 Å². The average molecular weight is 200 g/mol. The summed E-state index contributed by atoms with van der Waals surface area (Å²) in [6.07, 6.45) is 6.56. The zero-order valence-corrected chi connectivity index (χ0v) is 9.68. The van der Waals surface area contributed by atoms with Crippen molar-refractivity contribution in [3.63, 3.8) is 0 Å². The first-order valence-electron chi connectivity index (χ1n) is 5.24. The molecule has 0 spiro atoms. The number of hydrogen-bond donors (Lipinski definition) is 1. The number of carboxylic acid groups (broad SMARTS) is 1. The Morgan fingerprint density at radius 3 is 2.31 bits per heavy atom. The lowest BCUT2D eigenvalue weighted by Gasteiger charge is -2.34. The molecule has 0 aromatic carbocycles. The molecule has 0 aliphatic heterocycles. The number of rotatable bonds is 3. The first kappa shape index (κ1) is 10.8. The monoisotopic (exact) mass is 200 g/mol. The Hall–Kier alpha value is -0.313. The van der Waals surface area contributed by atoms with Gasteiger partial charge in [0.25, 0.3) is 0 Å². The molecule has 0 unspecified atom stereocenters. The topological polar surface area (TPSA) is 37.3 Å². The second-order valence-corrected chi connectivity index (χ2v) is 10.0. The molecule has 1 aliphatic rings. The highest BCUT2D eigenvalue weighted by Gasteiger charge is 2.34. The highest BCUT2D eigenvalue weighted by molar-refractivity contribution is 6.81. The Labute approximate surface area is 81.4 Å². The fourth-order valence-electron chi connectivity index (χ4n) is 2.42. The third kappa shape index (κ3) is 3.14. The molecule has 1 fully saturated rings. The van der Waals surface area contributed by atoms with Gasteiger partial charge in [-0.05, 0) is 5.54 Å². The second-order valence-electron chi connectivity index (χ2n) is 4.89. The van der Waals surface area contributed by atoms with Crippen LogP contribution in [0.15, 0.2) is 0 Å².